The van der Waals surface area contributed by atoms with Crippen LogP contribution in [0.1, 0.15) is 27.2 Å². The van der Waals surface area contributed by atoms with Gasteiger partial charge in [-0.3, -0.25) is 4.79 Å². The van der Waals surface area contributed by atoms with Gasteiger partial charge in [0.2, 0.25) is 5.91 Å². The van der Waals surface area contributed by atoms with Gasteiger partial charge in [-0.1, -0.05) is 20.8 Å². The number of nitrogens with zero attached hydrogens (tertiary/aromatic N) is 1. The molecular formula is C9H17NO2. The molecule has 1 aliphatic heterocycles. The molecule has 0 aliphatic carbocycles. The van der Waals surface area contributed by atoms with Crippen molar-refractivity contribution in [3.8, 4) is 0 Å². The average Bonchev–Trinajstić information content (AvgIpc) is 1.97. The van der Waals surface area contributed by atoms with E-state index in [1.54, 1.807) is 4.90 Å². The monoisotopic (exact) mass is 171 g/mol. The minimum Gasteiger partial charge on any atom is -0.386 e. The maximum atomic E-state index is 11.3. The lowest BCUT2D eigenvalue weighted by Crippen LogP contribution is -2.63. The highest BCUT2D eigenvalue weighted by Gasteiger charge is 2.42. The molecule has 1 N–H and O–H groups in total. The van der Waals surface area contributed by atoms with Gasteiger partial charge in [-0.05, 0) is 6.42 Å². The van der Waals surface area contributed by atoms with Crippen molar-refractivity contribution in [2.75, 3.05) is 13.1 Å². The van der Waals surface area contributed by atoms with Crippen molar-refractivity contribution in [3.63, 3.8) is 0 Å². The molecule has 70 valence electrons. The van der Waals surface area contributed by atoms with Gasteiger partial charge >= 0.3 is 0 Å². The first-order valence-electron chi connectivity index (χ1n) is 4.49. The van der Waals surface area contributed by atoms with E-state index in [4.69, 9.17) is 0 Å². The van der Waals surface area contributed by atoms with E-state index in [9.17, 15) is 9.90 Å². The van der Waals surface area contributed by atoms with Crippen molar-refractivity contribution in [1.29, 1.82) is 0 Å². The van der Waals surface area contributed by atoms with E-state index in [-0.39, 0.29) is 11.8 Å². The molecule has 0 aromatic carbocycles. The van der Waals surface area contributed by atoms with Crippen LogP contribution in [0, 0.1) is 5.92 Å². The number of likely N-dealkylation sites (tertiary alicyclic amines) is 1. The van der Waals surface area contributed by atoms with Crippen molar-refractivity contribution in [3.05, 3.63) is 0 Å². The van der Waals surface area contributed by atoms with Crippen LogP contribution in [0.3, 0.4) is 0 Å². The lowest BCUT2D eigenvalue weighted by atomic mass is 9.90. The van der Waals surface area contributed by atoms with Gasteiger partial charge in [0.15, 0.2) is 0 Å². The molecule has 3 heteroatoms. The predicted octanol–water partition coefficient (Wildman–Crippen LogP) is 0.626. The predicted molar refractivity (Wildman–Crippen MR) is 46.7 cm³/mol. The fraction of sp³-hybridized carbons (Fsp3) is 0.889. The zero-order valence-electron chi connectivity index (χ0n) is 8.00. The molecule has 0 bridgehead atoms. The van der Waals surface area contributed by atoms with Gasteiger partial charge in [0.05, 0.1) is 18.7 Å². The summed E-state index contributed by atoms with van der Waals surface area (Å²) in [5, 5.41) is 9.63. The Labute approximate surface area is 73.4 Å². The Morgan fingerprint density at radius 3 is 2.42 bits per heavy atom. The summed E-state index contributed by atoms with van der Waals surface area (Å²) in [6, 6.07) is 0. The van der Waals surface area contributed by atoms with Crippen LogP contribution in [0.4, 0.5) is 0 Å². The standard InChI is InChI=1S/C9H17NO2/c1-4-9(12)5-10(6-9)8(11)7(2)3/h7,12H,4-6H2,1-3H3. The summed E-state index contributed by atoms with van der Waals surface area (Å²) in [6.07, 6.45) is 0.731. The first-order valence-corrected chi connectivity index (χ1v) is 4.49. The minimum absolute atomic E-state index is 0.0476. The Kier molecular flexibility index (Phi) is 2.42. The molecule has 1 heterocycles. The number of carbonyl (C=O) groups is 1. The van der Waals surface area contributed by atoms with E-state index < -0.39 is 5.60 Å². The number of β-amino-alcohol motifs (C(OH)–C–C–N with tert-alkyl or cyclic N) is 1. The van der Waals surface area contributed by atoms with Crippen LogP contribution >= 0.6 is 0 Å². The Bertz CT molecular complexity index is 183. The van der Waals surface area contributed by atoms with E-state index >= 15 is 0 Å². The maximum Gasteiger partial charge on any atom is 0.225 e. The summed E-state index contributed by atoms with van der Waals surface area (Å²) < 4.78 is 0. The Balaban J connectivity index is 2.39. The molecule has 1 aliphatic rings. The Hall–Kier alpha value is -0.570. The smallest absolute Gasteiger partial charge is 0.225 e. The fourth-order valence-corrected chi connectivity index (χ4v) is 1.41. The molecule has 1 fully saturated rings. The van der Waals surface area contributed by atoms with Crippen molar-refractivity contribution < 1.29 is 9.90 Å². The second-order valence-electron chi connectivity index (χ2n) is 3.93. The molecule has 0 aromatic rings. The SMILES string of the molecule is CCC1(O)CN(C(=O)C(C)C)C1. The minimum atomic E-state index is -0.593. The second kappa shape index (κ2) is 3.05. The zero-order chi connectivity index (χ0) is 9.35. The highest BCUT2D eigenvalue weighted by atomic mass is 16.3. The summed E-state index contributed by atoms with van der Waals surface area (Å²) in [7, 11) is 0. The number of amides is 1. The van der Waals surface area contributed by atoms with Gasteiger partial charge in [-0.2, -0.15) is 0 Å². The summed E-state index contributed by atoms with van der Waals surface area (Å²) in [6.45, 7) is 6.73. The van der Waals surface area contributed by atoms with Gasteiger partial charge in [-0.15, -0.1) is 0 Å². The number of aliphatic hydroxyl groups is 1. The molecule has 0 spiro atoms. The van der Waals surface area contributed by atoms with Crippen molar-refractivity contribution >= 4 is 5.91 Å². The first-order chi connectivity index (χ1) is 5.48. The third kappa shape index (κ3) is 1.61. The van der Waals surface area contributed by atoms with Gasteiger partial charge in [-0.25, -0.2) is 0 Å². The largest absolute Gasteiger partial charge is 0.386 e. The Morgan fingerprint density at radius 1 is 1.58 bits per heavy atom. The van der Waals surface area contributed by atoms with Crippen LogP contribution < -0.4 is 0 Å². The van der Waals surface area contributed by atoms with Crippen LogP contribution in [0.5, 0.6) is 0 Å². The number of hydrogen-bond acceptors (Lipinski definition) is 2. The normalized spacial score (nSPS) is 20.9. The quantitative estimate of drug-likeness (QED) is 0.662. The van der Waals surface area contributed by atoms with Crippen LogP contribution in [0.25, 0.3) is 0 Å². The highest BCUT2D eigenvalue weighted by molar-refractivity contribution is 5.79. The third-order valence-corrected chi connectivity index (χ3v) is 2.43. The molecule has 3 nitrogen and oxygen atoms in total. The summed E-state index contributed by atoms with van der Waals surface area (Å²) in [5.74, 6) is 0.194. The molecule has 1 rings (SSSR count). The van der Waals surface area contributed by atoms with Crippen LogP contribution in [0.15, 0.2) is 0 Å². The summed E-state index contributed by atoms with van der Waals surface area (Å²) in [4.78, 5) is 13.1. The van der Waals surface area contributed by atoms with E-state index in [2.05, 4.69) is 0 Å². The molecule has 1 amide bonds. The van der Waals surface area contributed by atoms with Crippen LogP contribution in [-0.2, 0) is 4.79 Å². The van der Waals surface area contributed by atoms with Crippen molar-refractivity contribution in [2.24, 2.45) is 5.92 Å². The van der Waals surface area contributed by atoms with Crippen molar-refractivity contribution in [2.45, 2.75) is 32.8 Å². The molecule has 0 aromatic heterocycles. The Morgan fingerprint density at radius 2 is 2.08 bits per heavy atom. The average molecular weight is 171 g/mol. The number of hydrogen-bond donors (Lipinski definition) is 1. The van der Waals surface area contributed by atoms with Crippen LogP contribution in [-0.4, -0.2) is 34.6 Å². The number of rotatable bonds is 2. The molecule has 0 unspecified atom stereocenters. The molecule has 0 radical (unpaired) electrons. The first kappa shape index (κ1) is 9.52. The summed E-state index contributed by atoms with van der Waals surface area (Å²) in [5.41, 5.74) is -0.593. The maximum absolute atomic E-state index is 11.3. The topological polar surface area (TPSA) is 40.5 Å². The van der Waals surface area contributed by atoms with Crippen molar-refractivity contribution in [1.82, 2.24) is 4.90 Å². The van der Waals surface area contributed by atoms with Gasteiger partial charge in [0, 0.05) is 5.92 Å². The molecule has 1 saturated heterocycles. The lowest BCUT2D eigenvalue weighted by molar-refractivity contribution is -0.158. The van der Waals surface area contributed by atoms with Gasteiger partial charge < -0.3 is 10.0 Å². The molecular weight excluding hydrogens is 154 g/mol. The molecule has 0 saturated carbocycles. The van der Waals surface area contributed by atoms with Gasteiger partial charge in [0.25, 0.3) is 0 Å². The van der Waals surface area contributed by atoms with Crippen LogP contribution in [0.2, 0.25) is 0 Å². The highest BCUT2D eigenvalue weighted by Crippen LogP contribution is 2.25. The second-order valence-corrected chi connectivity index (χ2v) is 3.93. The molecule has 12 heavy (non-hydrogen) atoms. The third-order valence-electron chi connectivity index (χ3n) is 2.43. The van der Waals surface area contributed by atoms with E-state index in [0.29, 0.717) is 13.1 Å². The number of carbonyl (C=O) groups excluding carboxylic acids is 1. The van der Waals surface area contributed by atoms with E-state index in [1.165, 1.54) is 0 Å². The fourth-order valence-electron chi connectivity index (χ4n) is 1.41. The van der Waals surface area contributed by atoms with E-state index in [0.717, 1.165) is 6.42 Å². The zero-order valence-corrected chi connectivity index (χ0v) is 8.00. The lowest BCUT2D eigenvalue weighted by Gasteiger charge is -2.46. The van der Waals surface area contributed by atoms with Gasteiger partial charge in [0.1, 0.15) is 0 Å². The summed E-state index contributed by atoms with van der Waals surface area (Å²) >= 11 is 0. The molecule has 0 atom stereocenters. The van der Waals surface area contributed by atoms with E-state index in [1.807, 2.05) is 20.8 Å².